The Labute approximate surface area is 267 Å². The van der Waals surface area contributed by atoms with Gasteiger partial charge in [-0.3, -0.25) is 0 Å². The zero-order valence-corrected chi connectivity index (χ0v) is 28.7. The molecule has 0 atom stereocenters. The third-order valence-corrected chi connectivity index (χ3v) is 8.22. The highest BCUT2D eigenvalue weighted by Crippen LogP contribution is 2.45. The lowest BCUT2D eigenvalue weighted by Crippen LogP contribution is -2.39. The summed E-state index contributed by atoms with van der Waals surface area (Å²) in [4.78, 5) is 0. The summed E-state index contributed by atoms with van der Waals surface area (Å²) in [6.07, 6.45) is 30.3. The minimum Gasteiger partial charge on any atom is -0.365 e. The zero-order valence-electron chi connectivity index (χ0n) is 28.7. The third-order valence-electron chi connectivity index (χ3n) is 8.22. The number of hydrogen-bond acceptors (Lipinski definition) is 4. The Morgan fingerprint density at radius 2 is 0.795 bits per heavy atom. The predicted octanol–water partition coefficient (Wildman–Crippen LogP) is 9.19. The molecule has 0 saturated carbocycles. The van der Waals surface area contributed by atoms with Crippen LogP contribution in [-0.2, 0) is 0 Å². The first-order chi connectivity index (χ1) is 20.2. The second-order valence-corrected chi connectivity index (χ2v) is 14.2. The molecule has 0 spiro atoms. The normalized spacial score (nSPS) is 23.5. The molecule has 2 rings (SSSR count). The van der Waals surface area contributed by atoms with Crippen LogP contribution in [0.2, 0.25) is 0 Å². The maximum atomic E-state index is 10.1. The molecule has 0 aromatic heterocycles. The molecule has 0 fully saturated rings. The van der Waals surface area contributed by atoms with Gasteiger partial charge in [-0.25, -0.2) is 0 Å². The summed E-state index contributed by atoms with van der Waals surface area (Å²) in [6, 6.07) is 0. The van der Waals surface area contributed by atoms with Crippen molar-refractivity contribution in [1.82, 2.24) is 0 Å². The van der Waals surface area contributed by atoms with Crippen molar-refractivity contribution in [3.8, 4) is 0 Å². The highest BCUT2D eigenvalue weighted by Gasteiger charge is 2.40. The fraction of sp³-hybridized carbons (Fsp3) is 0.450. The van der Waals surface area contributed by atoms with E-state index in [-0.39, 0.29) is 23.7 Å². The van der Waals surface area contributed by atoms with Gasteiger partial charge < -0.3 is 20.4 Å². The van der Waals surface area contributed by atoms with Crippen molar-refractivity contribution >= 4 is 0 Å². The van der Waals surface area contributed by atoms with Gasteiger partial charge in [-0.2, -0.15) is 0 Å². The van der Waals surface area contributed by atoms with Crippen LogP contribution in [0, 0.1) is 10.8 Å². The lowest BCUT2D eigenvalue weighted by atomic mass is 9.70. The topological polar surface area (TPSA) is 80.9 Å². The van der Waals surface area contributed by atoms with Gasteiger partial charge in [0.2, 0.25) is 0 Å². The fourth-order valence-corrected chi connectivity index (χ4v) is 6.43. The van der Waals surface area contributed by atoms with Crippen LogP contribution >= 0.6 is 0 Å². The van der Waals surface area contributed by atoms with Crippen molar-refractivity contribution in [3.05, 3.63) is 130 Å². The lowest BCUT2D eigenvalue weighted by Gasteiger charge is -2.40. The van der Waals surface area contributed by atoms with E-state index in [1.54, 1.807) is 0 Å². The van der Waals surface area contributed by atoms with E-state index >= 15 is 0 Å². The molecule has 0 aromatic rings. The maximum absolute atomic E-state index is 10.1. The molecule has 44 heavy (non-hydrogen) atoms. The number of rotatable bonds is 10. The van der Waals surface area contributed by atoms with Gasteiger partial charge in [0.25, 0.3) is 0 Å². The van der Waals surface area contributed by atoms with Crippen LogP contribution in [0.4, 0.5) is 0 Å². The second kappa shape index (κ2) is 15.3. The van der Waals surface area contributed by atoms with Crippen LogP contribution in [0.15, 0.2) is 130 Å². The van der Waals surface area contributed by atoms with Crippen LogP contribution in [0.25, 0.3) is 0 Å². The molecule has 0 radical (unpaired) electrons. The van der Waals surface area contributed by atoms with E-state index in [1.165, 1.54) is 11.1 Å². The smallest absolute Gasteiger partial charge is 0.167 e. The molecule has 4 N–H and O–H groups in total. The predicted molar refractivity (Wildman–Crippen MR) is 186 cm³/mol. The minimum atomic E-state index is -1.62. The van der Waals surface area contributed by atoms with Crippen molar-refractivity contribution in [2.24, 2.45) is 10.8 Å². The Hall–Kier alpha value is -3.02. The van der Waals surface area contributed by atoms with Gasteiger partial charge in [-0.15, -0.1) is 0 Å². The number of allylic oxidation sites excluding steroid dienone is 20. The molecule has 0 aromatic carbocycles. The van der Waals surface area contributed by atoms with Gasteiger partial charge in [0.15, 0.2) is 11.6 Å². The van der Waals surface area contributed by atoms with Gasteiger partial charge in [0, 0.05) is 25.7 Å². The quantitative estimate of drug-likeness (QED) is 0.149. The van der Waals surface area contributed by atoms with Crippen LogP contribution in [0.3, 0.4) is 0 Å². The Balaban J connectivity index is 1.93. The fourth-order valence-electron chi connectivity index (χ4n) is 6.43. The molecular formula is C40H56O4. The first kappa shape index (κ1) is 37.2. The monoisotopic (exact) mass is 600 g/mol. The Morgan fingerprint density at radius 3 is 1.11 bits per heavy atom. The van der Waals surface area contributed by atoms with Gasteiger partial charge in [-0.1, -0.05) is 146 Å². The van der Waals surface area contributed by atoms with Crippen LogP contribution in [-0.4, -0.2) is 32.0 Å². The van der Waals surface area contributed by atoms with Gasteiger partial charge in [0.05, 0.1) is 0 Å². The lowest BCUT2D eigenvalue weighted by molar-refractivity contribution is -0.182. The average Bonchev–Trinajstić information content (AvgIpc) is 2.83. The van der Waals surface area contributed by atoms with Crippen molar-refractivity contribution in [2.75, 3.05) is 0 Å². The number of aliphatic hydroxyl groups is 4. The van der Waals surface area contributed by atoms with Crippen LogP contribution in [0.1, 0.15) is 94.9 Å². The van der Waals surface area contributed by atoms with Crippen molar-refractivity contribution in [1.29, 1.82) is 0 Å². The summed E-state index contributed by atoms with van der Waals surface area (Å²) in [7, 11) is 0. The molecule has 240 valence electrons. The molecule has 4 heteroatoms. The minimum absolute atomic E-state index is 0.285. The van der Waals surface area contributed by atoms with Crippen molar-refractivity contribution < 1.29 is 20.4 Å². The van der Waals surface area contributed by atoms with E-state index in [0.717, 1.165) is 33.4 Å². The van der Waals surface area contributed by atoms with E-state index in [9.17, 15) is 20.4 Å². The van der Waals surface area contributed by atoms with Crippen LogP contribution < -0.4 is 0 Å². The Bertz CT molecular complexity index is 1280. The molecule has 2 aliphatic carbocycles. The molecule has 0 heterocycles. The van der Waals surface area contributed by atoms with Gasteiger partial charge in [-0.05, 0) is 63.5 Å². The first-order valence-electron chi connectivity index (χ1n) is 15.6. The second-order valence-electron chi connectivity index (χ2n) is 14.2. The molecule has 0 aliphatic heterocycles. The highest BCUT2D eigenvalue weighted by atomic mass is 16.5. The standard InChI is InChI=1S/C40H56O4/c1-29(17-13-19-31(3)21-23-35-33(5)25-39(41,42)27-37(35,7)8)15-11-12-16-30(2)18-14-20-32(4)22-24-36-34(6)26-40(43,44)28-38(36,9)10/h11-24,41-44H,25-28H2,1-10H3/b12-11+,17-13+,18-14+,23-21+,24-22+,29-15+,30-16+,31-19+,32-20+. The van der Waals surface area contributed by atoms with E-state index in [1.807, 2.05) is 38.2 Å². The van der Waals surface area contributed by atoms with E-state index in [4.69, 9.17) is 0 Å². The molecule has 0 saturated heterocycles. The van der Waals surface area contributed by atoms with Crippen molar-refractivity contribution in [2.45, 2.75) is 106 Å². The average molecular weight is 601 g/mol. The Kier molecular flexibility index (Phi) is 12.9. The highest BCUT2D eigenvalue weighted by molar-refractivity contribution is 5.40. The van der Waals surface area contributed by atoms with E-state index in [0.29, 0.717) is 12.8 Å². The maximum Gasteiger partial charge on any atom is 0.167 e. The SMILES string of the molecule is CC1=C(/C=C/C(C)=C/C=C/C(C)=C/C=C/C=C(C)/C=C/C=C(C)/C=C/C2=C(C)CC(O)(O)CC2(C)C)C(C)(C)CC(O)(O)C1. The Morgan fingerprint density at radius 1 is 0.500 bits per heavy atom. The molecule has 0 unspecified atom stereocenters. The summed E-state index contributed by atoms with van der Waals surface area (Å²) in [5.41, 5.74) is 8.35. The largest absolute Gasteiger partial charge is 0.365 e. The molecule has 0 bridgehead atoms. The molecular weight excluding hydrogens is 544 g/mol. The summed E-state index contributed by atoms with van der Waals surface area (Å²) in [5, 5.41) is 40.5. The molecule has 2 aliphatic rings. The summed E-state index contributed by atoms with van der Waals surface area (Å²) >= 11 is 0. The third kappa shape index (κ3) is 12.2. The summed E-state index contributed by atoms with van der Waals surface area (Å²) in [5.74, 6) is -3.25. The number of hydrogen-bond donors (Lipinski definition) is 4. The van der Waals surface area contributed by atoms with Crippen molar-refractivity contribution in [3.63, 3.8) is 0 Å². The van der Waals surface area contributed by atoms with Gasteiger partial charge >= 0.3 is 0 Å². The summed E-state index contributed by atoms with van der Waals surface area (Å²) in [6.45, 7) is 20.5. The molecule has 0 amide bonds. The van der Waals surface area contributed by atoms with Crippen LogP contribution in [0.5, 0.6) is 0 Å². The van der Waals surface area contributed by atoms with E-state index < -0.39 is 11.6 Å². The zero-order chi connectivity index (χ0) is 33.3. The molecule has 4 nitrogen and oxygen atoms in total. The summed E-state index contributed by atoms with van der Waals surface area (Å²) < 4.78 is 0. The van der Waals surface area contributed by atoms with E-state index in [2.05, 4.69) is 116 Å². The van der Waals surface area contributed by atoms with Gasteiger partial charge in [0.1, 0.15) is 0 Å². The first-order valence-corrected chi connectivity index (χ1v) is 15.6.